The molecule has 0 bridgehead atoms. The number of thioether (sulfide) groups is 1. The second-order valence-electron chi connectivity index (χ2n) is 6.25. The zero-order valence-corrected chi connectivity index (χ0v) is 18.2. The molecule has 0 saturated heterocycles. The Morgan fingerprint density at radius 2 is 2.00 bits per heavy atom. The summed E-state index contributed by atoms with van der Waals surface area (Å²) in [5.41, 5.74) is 5.02. The van der Waals surface area contributed by atoms with Crippen molar-refractivity contribution in [1.29, 1.82) is 0 Å². The van der Waals surface area contributed by atoms with Crippen molar-refractivity contribution in [3.05, 3.63) is 70.5 Å². The third kappa shape index (κ3) is 5.13. The Labute approximate surface area is 176 Å². The summed E-state index contributed by atoms with van der Waals surface area (Å²) in [6.07, 6.45) is 3.15. The molecule has 1 aliphatic rings. The third-order valence-corrected chi connectivity index (χ3v) is 5.21. The summed E-state index contributed by atoms with van der Waals surface area (Å²) >= 11 is 1.70. The predicted octanol–water partition coefficient (Wildman–Crippen LogP) is 4.31. The van der Waals surface area contributed by atoms with E-state index >= 15 is 0 Å². The molecule has 3 nitrogen and oxygen atoms in total. The molecule has 26 heavy (non-hydrogen) atoms. The second-order valence-corrected chi connectivity index (χ2v) is 7.12. The molecule has 1 atom stereocenters. The fraction of sp³-hybridized carbons (Fsp3) is 0.350. The van der Waals surface area contributed by atoms with E-state index in [4.69, 9.17) is 0 Å². The number of nitrogens with zero attached hydrogens (tertiary/aromatic N) is 1. The molecule has 0 fully saturated rings. The first-order chi connectivity index (χ1) is 12.2. The molecule has 0 aromatic heterocycles. The standard InChI is InChI=1S/C20H24FN3S.HI/c1-22-20(24-12-16-9-14-5-3-4-6-19(14)16)23-11-15-7-8-18(21)10-17(15)13-25-2;/h3-8,10,16H,9,11-13H2,1-2H3,(H2,22,23,24);1H. The lowest BCUT2D eigenvalue weighted by Gasteiger charge is -2.30. The van der Waals surface area contributed by atoms with E-state index in [-0.39, 0.29) is 29.8 Å². The number of benzene rings is 2. The molecular formula is C20H25FIN3S. The lowest BCUT2D eigenvalue weighted by Crippen LogP contribution is -2.40. The van der Waals surface area contributed by atoms with E-state index in [0.717, 1.165) is 35.8 Å². The largest absolute Gasteiger partial charge is 0.356 e. The van der Waals surface area contributed by atoms with Gasteiger partial charge in [0.05, 0.1) is 0 Å². The maximum atomic E-state index is 13.4. The summed E-state index contributed by atoms with van der Waals surface area (Å²) in [4.78, 5) is 4.30. The molecule has 0 spiro atoms. The summed E-state index contributed by atoms with van der Waals surface area (Å²) in [5, 5.41) is 6.74. The molecular weight excluding hydrogens is 460 g/mol. The van der Waals surface area contributed by atoms with Crippen LogP contribution in [0.15, 0.2) is 47.5 Å². The zero-order valence-electron chi connectivity index (χ0n) is 15.1. The normalized spacial score (nSPS) is 15.5. The van der Waals surface area contributed by atoms with E-state index in [1.807, 2.05) is 12.3 Å². The highest BCUT2D eigenvalue weighted by Gasteiger charge is 2.25. The molecule has 2 aromatic rings. The average Bonchev–Trinajstić information content (AvgIpc) is 2.60. The van der Waals surface area contributed by atoms with Gasteiger partial charge in [0, 0.05) is 31.8 Å². The third-order valence-electron chi connectivity index (χ3n) is 4.62. The van der Waals surface area contributed by atoms with Crippen LogP contribution in [0, 0.1) is 5.82 Å². The number of rotatable bonds is 6. The van der Waals surface area contributed by atoms with Gasteiger partial charge < -0.3 is 10.6 Å². The number of hydrogen-bond acceptors (Lipinski definition) is 2. The average molecular weight is 485 g/mol. The first-order valence-electron chi connectivity index (χ1n) is 8.50. The smallest absolute Gasteiger partial charge is 0.191 e. The van der Waals surface area contributed by atoms with Gasteiger partial charge in [0.2, 0.25) is 0 Å². The zero-order chi connectivity index (χ0) is 17.6. The van der Waals surface area contributed by atoms with Gasteiger partial charge in [-0.1, -0.05) is 30.3 Å². The lowest BCUT2D eigenvalue weighted by atomic mass is 9.78. The molecule has 2 N–H and O–H groups in total. The molecule has 1 unspecified atom stereocenters. The van der Waals surface area contributed by atoms with Crippen molar-refractivity contribution in [2.45, 2.75) is 24.6 Å². The predicted molar refractivity (Wildman–Crippen MR) is 120 cm³/mol. The minimum atomic E-state index is -0.182. The van der Waals surface area contributed by atoms with E-state index in [1.54, 1.807) is 24.9 Å². The van der Waals surface area contributed by atoms with Crippen LogP contribution >= 0.6 is 35.7 Å². The molecule has 2 aromatic carbocycles. The van der Waals surface area contributed by atoms with Gasteiger partial charge in [-0.15, -0.1) is 24.0 Å². The number of guanidine groups is 1. The number of halogens is 2. The van der Waals surface area contributed by atoms with Crippen LogP contribution in [0.3, 0.4) is 0 Å². The van der Waals surface area contributed by atoms with Crippen molar-refractivity contribution in [2.75, 3.05) is 19.8 Å². The minimum absolute atomic E-state index is 0. The molecule has 0 heterocycles. The van der Waals surface area contributed by atoms with Crippen LogP contribution in [0.25, 0.3) is 0 Å². The highest BCUT2D eigenvalue weighted by Crippen LogP contribution is 2.33. The van der Waals surface area contributed by atoms with Crippen molar-refractivity contribution in [2.24, 2.45) is 4.99 Å². The first kappa shape index (κ1) is 21.0. The Bertz CT molecular complexity index is 766. The number of hydrogen-bond donors (Lipinski definition) is 2. The fourth-order valence-electron chi connectivity index (χ4n) is 3.22. The van der Waals surface area contributed by atoms with E-state index < -0.39 is 0 Å². The molecule has 3 rings (SSSR count). The topological polar surface area (TPSA) is 36.4 Å². The van der Waals surface area contributed by atoms with E-state index in [2.05, 4.69) is 39.9 Å². The van der Waals surface area contributed by atoms with Crippen LogP contribution in [0.2, 0.25) is 0 Å². The Morgan fingerprint density at radius 1 is 1.19 bits per heavy atom. The summed E-state index contributed by atoms with van der Waals surface area (Å²) in [6, 6.07) is 13.6. The molecule has 0 aliphatic heterocycles. The van der Waals surface area contributed by atoms with Crippen molar-refractivity contribution < 1.29 is 4.39 Å². The second kappa shape index (κ2) is 10.2. The first-order valence-corrected chi connectivity index (χ1v) is 9.89. The van der Waals surface area contributed by atoms with Crippen molar-refractivity contribution in [3.63, 3.8) is 0 Å². The van der Waals surface area contributed by atoms with E-state index in [0.29, 0.717) is 12.5 Å². The van der Waals surface area contributed by atoms with Gasteiger partial charge in [0.1, 0.15) is 5.82 Å². The van der Waals surface area contributed by atoms with Crippen molar-refractivity contribution >= 4 is 41.7 Å². The van der Waals surface area contributed by atoms with Gasteiger partial charge in [0.15, 0.2) is 5.96 Å². The van der Waals surface area contributed by atoms with Crippen LogP contribution in [0.1, 0.15) is 28.2 Å². The minimum Gasteiger partial charge on any atom is -0.356 e. The van der Waals surface area contributed by atoms with Crippen LogP contribution in [-0.2, 0) is 18.7 Å². The Balaban J connectivity index is 0.00000243. The molecule has 0 saturated carbocycles. The van der Waals surface area contributed by atoms with Crippen LogP contribution in [-0.4, -0.2) is 25.8 Å². The van der Waals surface area contributed by atoms with Gasteiger partial charge in [-0.05, 0) is 47.1 Å². The maximum absolute atomic E-state index is 13.4. The Morgan fingerprint density at radius 3 is 2.73 bits per heavy atom. The van der Waals surface area contributed by atoms with Crippen molar-refractivity contribution in [3.8, 4) is 0 Å². The number of fused-ring (bicyclic) bond motifs is 1. The van der Waals surface area contributed by atoms with Crippen LogP contribution < -0.4 is 10.6 Å². The van der Waals surface area contributed by atoms with Gasteiger partial charge >= 0.3 is 0 Å². The van der Waals surface area contributed by atoms with Gasteiger partial charge in [-0.25, -0.2) is 4.39 Å². The summed E-state index contributed by atoms with van der Waals surface area (Å²) in [5.74, 6) is 1.95. The molecule has 6 heteroatoms. The van der Waals surface area contributed by atoms with Gasteiger partial charge in [0.25, 0.3) is 0 Å². The SMILES string of the molecule is CN=C(NCc1ccc(F)cc1CSC)NCC1Cc2ccccc21.I. The molecule has 1 aliphatic carbocycles. The Hall–Kier alpha value is -1.28. The maximum Gasteiger partial charge on any atom is 0.191 e. The van der Waals surface area contributed by atoms with E-state index in [9.17, 15) is 4.39 Å². The molecule has 0 amide bonds. The summed E-state index contributed by atoms with van der Waals surface area (Å²) in [7, 11) is 1.78. The summed E-state index contributed by atoms with van der Waals surface area (Å²) in [6.45, 7) is 1.51. The summed E-state index contributed by atoms with van der Waals surface area (Å²) < 4.78 is 13.4. The van der Waals surface area contributed by atoms with Crippen molar-refractivity contribution in [1.82, 2.24) is 10.6 Å². The van der Waals surface area contributed by atoms with Gasteiger partial charge in [-0.2, -0.15) is 11.8 Å². The van der Waals surface area contributed by atoms with Gasteiger partial charge in [-0.3, -0.25) is 4.99 Å². The van der Waals surface area contributed by atoms with Crippen LogP contribution in [0.4, 0.5) is 4.39 Å². The molecule has 0 radical (unpaired) electrons. The number of aliphatic imine (C=N–C) groups is 1. The molecule has 140 valence electrons. The highest BCUT2D eigenvalue weighted by atomic mass is 127. The Kier molecular flexibility index (Phi) is 8.21. The lowest BCUT2D eigenvalue weighted by molar-refractivity contribution is 0.583. The fourth-order valence-corrected chi connectivity index (χ4v) is 3.80. The monoisotopic (exact) mass is 485 g/mol. The van der Waals surface area contributed by atoms with Crippen LogP contribution in [0.5, 0.6) is 0 Å². The number of nitrogens with one attached hydrogen (secondary N) is 2. The quantitative estimate of drug-likeness (QED) is 0.364. The van der Waals surface area contributed by atoms with E-state index in [1.165, 1.54) is 17.2 Å². The highest BCUT2D eigenvalue weighted by molar-refractivity contribution is 14.0.